The van der Waals surface area contributed by atoms with E-state index in [0.29, 0.717) is 11.6 Å². The third kappa shape index (κ3) is 5.59. The monoisotopic (exact) mass is 429 g/mol. The highest BCUT2D eigenvalue weighted by Gasteiger charge is 2.20. The Morgan fingerprint density at radius 2 is 1.85 bits per heavy atom. The quantitative estimate of drug-likeness (QED) is 0.658. The van der Waals surface area contributed by atoms with Crippen molar-refractivity contribution in [2.75, 3.05) is 17.8 Å². The lowest BCUT2D eigenvalue weighted by molar-refractivity contribution is 0.0951. The van der Waals surface area contributed by atoms with Crippen molar-refractivity contribution in [3.8, 4) is 0 Å². The Morgan fingerprint density at radius 1 is 1.15 bits per heavy atom. The summed E-state index contributed by atoms with van der Waals surface area (Å²) >= 11 is 5.80. The minimum absolute atomic E-state index is 0. The van der Waals surface area contributed by atoms with Gasteiger partial charge in [0, 0.05) is 17.6 Å². The number of halogens is 2. The van der Waals surface area contributed by atoms with Gasteiger partial charge in [0.2, 0.25) is 0 Å². The number of para-hydroxylation sites is 1. The second kappa shape index (κ2) is 9.41. The third-order valence-electron chi connectivity index (χ3n) is 4.21. The van der Waals surface area contributed by atoms with Gasteiger partial charge in [-0.3, -0.25) is 9.52 Å². The highest BCUT2D eigenvalue weighted by atomic mass is 35.5. The number of rotatable bonds is 6. The molecule has 1 amide bonds. The Bertz CT molecular complexity index is 883. The van der Waals surface area contributed by atoms with E-state index in [2.05, 4.69) is 15.4 Å². The van der Waals surface area contributed by atoms with Crippen molar-refractivity contribution < 1.29 is 13.2 Å². The molecule has 3 rings (SSSR count). The molecular weight excluding hydrogens is 409 g/mol. The second-order valence-corrected chi connectivity index (χ2v) is 8.23. The lowest BCUT2D eigenvalue weighted by Crippen LogP contribution is -2.37. The van der Waals surface area contributed by atoms with Gasteiger partial charge < -0.3 is 10.6 Å². The fraction of sp³-hybridized carbons (Fsp3) is 0.278. The summed E-state index contributed by atoms with van der Waals surface area (Å²) in [6.45, 7) is 1.47. The van der Waals surface area contributed by atoms with Crippen LogP contribution in [0.2, 0.25) is 5.02 Å². The SMILES string of the molecule is Cl.O=C(NCC1CCCN1)c1ccccc1NS(=O)(=O)c1ccc(Cl)cc1. The number of nitrogens with one attached hydrogen (secondary N) is 3. The fourth-order valence-electron chi connectivity index (χ4n) is 2.83. The van der Waals surface area contributed by atoms with E-state index in [9.17, 15) is 13.2 Å². The van der Waals surface area contributed by atoms with Gasteiger partial charge in [-0.1, -0.05) is 23.7 Å². The van der Waals surface area contributed by atoms with Gasteiger partial charge in [0.25, 0.3) is 15.9 Å². The first-order valence-electron chi connectivity index (χ1n) is 8.35. The number of hydrogen-bond donors (Lipinski definition) is 3. The van der Waals surface area contributed by atoms with E-state index in [-0.39, 0.29) is 40.5 Å². The number of carbonyl (C=O) groups excluding carboxylic acids is 1. The zero-order chi connectivity index (χ0) is 18.6. The van der Waals surface area contributed by atoms with E-state index < -0.39 is 10.0 Å². The Balaban J connectivity index is 0.00000261. The van der Waals surface area contributed by atoms with Crippen LogP contribution in [0.15, 0.2) is 53.4 Å². The van der Waals surface area contributed by atoms with Crippen molar-refractivity contribution in [3.63, 3.8) is 0 Å². The van der Waals surface area contributed by atoms with Crippen molar-refractivity contribution in [3.05, 3.63) is 59.1 Å². The molecule has 1 unspecified atom stereocenters. The molecule has 1 heterocycles. The van der Waals surface area contributed by atoms with Gasteiger partial charge in [-0.2, -0.15) is 0 Å². The highest BCUT2D eigenvalue weighted by molar-refractivity contribution is 7.92. The zero-order valence-corrected chi connectivity index (χ0v) is 16.8. The summed E-state index contributed by atoms with van der Waals surface area (Å²) in [6.07, 6.45) is 2.11. The van der Waals surface area contributed by atoms with Crippen LogP contribution in [0.1, 0.15) is 23.2 Å². The molecule has 0 radical (unpaired) electrons. The second-order valence-electron chi connectivity index (χ2n) is 6.11. The molecule has 1 saturated heterocycles. The zero-order valence-electron chi connectivity index (χ0n) is 14.4. The fourth-order valence-corrected chi connectivity index (χ4v) is 4.04. The van der Waals surface area contributed by atoms with Crippen LogP contribution >= 0.6 is 24.0 Å². The number of carbonyl (C=O) groups is 1. The summed E-state index contributed by atoms with van der Waals surface area (Å²) in [5.41, 5.74) is 0.516. The van der Waals surface area contributed by atoms with Crippen LogP contribution in [-0.4, -0.2) is 33.5 Å². The largest absolute Gasteiger partial charge is 0.350 e. The topological polar surface area (TPSA) is 87.3 Å². The summed E-state index contributed by atoms with van der Waals surface area (Å²) in [6, 6.07) is 12.6. The molecule has 0 aliphatic carbocycles. The average Bonchev–Trinajstić information content (AvgIpc) is 3.14. The maximum Gasteiger partial charge on any atom is 0.261 e. The summed E-state index contributed by atoms with van der Waals surface area (Å²) in [5, 5.41) is 6.61. The predicted molar refractivity (Wildman–Crippen MR) is 109 cm³/mol. The summed E-state index contributed by atoms with van der Waals surface area (Å²) < 4.78 is 27.6. The lowest BCUT2D eigenvalue weighted by Gasteiger charge is -2.15. The maximum absolute atomic E-state index is 12.6. The van der Waals surface area contributed by atoms with Crippen molar-refractivity contribution in [1.82, 2.24) is 10.6 Å². The Hall–Kier alpha value is -1.80. The van der Waals surface area contributed by atoms with E-state index in [1.54, 1.807) is 24.3 Å². The van der Waals surface area contributed by atoms with Crippen LogP contribution in [0.25, 0.3) is 0 Å². The molecule has 2 aromatic carbocycles. The molecule has 1 aliphatic heterocycles. The van der Waals surface area contributed by atoms with Crippen LogP contribution < -0.4 is 15.4 Å². The first-order valence-corrected chi connectivity index (χ1v) is 10.2. The predicted octanol–water partition coefficient (Wildman–Crippen LogP) is 3.04. The summed E-state index contributed by atoms with van der Waals surface area (Å²) in [5.74, 6) is -0.312. The molecule has 2 aromatic rings. The number of amides is 1. The molecule has 1 fully saturated rings. The average molecular weight is 430 g/mol. The van der Waals surface area contributed by atoms with Gasteiger partial charge in [-0.25, -0.2) is 8.42 Å². The van der Waals surface area contributed by atoms with Crippen LogP contribution in [0.3, 0.4) is 0 Å². The Morgan fingerprint density at radius 3 is 2.52 bits per heavy atom. The molecule has 146 valence electrons. The Labute approximate surface area is 170 Å². The number of sulfonamides is 1. The van der Waals surface area contributed by atoms with E-state index in [1.807, 2.05) is 0 Å². The molecule has 0 bridgehead atoms. The van der Waals surface area contributed by atoms with Gasteiger partial charge in [-0.05, 0) is 55.8 Å². The van der Waals surface area contributed by atoms with Crippen LogP contribution in [0, 0.1) is 0 Å². The smallest absolute Gasteiger partial charge is 0.261 e. The standard InChI is InChI=1S/C18H20ClN3O3S.ClH/c19-13-7-9-15(10-8-13)26(24,25)22-17-6-2-1-5-16(17)18(23)21-12-14-4-3-11-20-14;/h1-2,5-10,14,20,22H,3-4,11-12H2,(H,21,23);1H. The molecule has 0 saturated carbocycles. The van der Waals surface area contributed by atoms with Gasteiger partial charge in [-0.15, -0.1) is 12.4 Å². The molecule has 6 nitrogen and oxygen atoms in total. The summed E-state index contributed by atoms with van der Waals surface area (Å²) in [7, 11) is -3.82. The van der Waals surface area contributed by atoms with Crippen molar-refractivity contribution in [2.45, 2.75) is 23.8 Å². The molecule has 27 heavy (non-hydrogen) atoms. The maximum atomic E-state index is 12.6. The normalized spacial score (nSPS) is 16.4. The Kier molecular flexibility index (Phi) is 7.49. The molecule has 0 spiro atoms. The number of hydrogen-bond acceptors (Lipinski definition) is 4. The van der Waals surface area contributed by atoms with Crippen molar-refractivity contribution in [1.29, 1.82) is 0 Å². The lowest BCUT2D eigenvalue weighted by atomic mass is 10.1. The molecule has 3 N–H and O–H groups in total. The van der Waals surface area contributed by atoms with Crippen molar-refractivity contribution >= 4 is 45.6 Å². The van der Waals surface area contributed by atoms with Crippen LogP contribution in [0.5, 0.6) is 0 Å². The number of anilines is 1. The molecule has 1 atom stereocenters. The van der Waals surface area contributed by atoms with Gasteiger partial charge in [0.05, 0.1) is 16.1 Å². The third-order valence-corrected chi connectivity index (χ3v) is 5.84. The first-order chi connectivity index (χ1) is 12.5. The highest BCUT2D eigenvalue weighted by Crippen LogP contribution is 2.21. The van der Waals surface area contributed by atoms with Gasteiger partial charge in [0.1, 0.15) is 0 Å². The van der Waals surface area contributed by atoms with E-state index in [4.69, 9.17) is 11.6 Å². The molecule has 1 aliphatic rings. The van der Waals surface area contributed by atoms with Gasteiger partial charge in [0.15, 0.2) is 0 Å². The van der Waals surface area contributed by atoms with Crippen molar-refractivity contribution in [2.24, 2.45) is 0 Å². The van der Waals surface area contributed by atoms with Crippen LogP contribution in [0.4, 0.5) is 5.69 Å². The van der Waals surface area contributed by atoms with E-state index >= 15 is 0 Å². The minimum Gasteiger partial charge on any atom is -0.350 e. The molecular formula is C18H21Cl2N3O3S. The van der Waals surface area contributed by atoms with E-state index in [1.165, 1.54) is 24.3 Å². The minimum atomic E-state index is -3.82. The summed E-state index contributed by atoms with van der Waals surface area (Å²) in [4.78, 5) is 12.6. The molecule has 0 aromatic heterocycles. The van der Waals surface area contributed by atoms with E-state index in [0.717, 1.165) is 19.4 Å². The van der Waals surface area contributed by atoms with Gasteiger partial charge >= 0.3 is 0 Å². The molecule has 9 heteroatoms. The van der Waals surface area contributed by atoms with Crippen LogP contribution in [-0.2, 0) is 10.0 Å². The first kappa shape index (κ1) is 21.5. The number of benzene rings is 2.